The molecule has 0 spiro atoms. The lowest BCUT2D eigenvalue weighted by Crippen LogP contribution is -2.30. The molecule has 0 saturated heterocycles. The topological polar surface area (TPSA) is 101 Å². The van der Waals surface area contributed by atoms with E-state index in [0.717, 1.165) is 34.5 Å². The van der Waals surface area contributed by atoms with Gasteiger partial charge in [0.1, 0.15) is 18.5 Å². The number of fused-ring (bicyclic) bond motifs is 3. The fourth-order valence-electron chi connectivity index (χ4n) is 4.16. The lowest BCUT2D eigenvalue weighted by atomic mass is 9.98. The summed E-state index contributed by atoms with van der Waals surface area (Å²) in [5.74, 6) is -0.690. The van der Waals surface area contributed by atoms with Crippen LogP contribution in [0.2, 0.25) is 0 Å². The standard InChI is InChI=1S/C25H25FN2O5/c1-32-24-20(12-15(26)13-28-24)23(30)22(29)10-11-27-25(31)33-14-21-18-8-4-2-6-16(18)17-7-3-5-9-19(17)21/h2-9,12-13,21-23,29-30H,10-11,14H2,1H3,(H,27,31). The number of aliphatic hydroxyl groups is 2. The number of amides is 1. The molecule has 3 N–H and O–H groups in total. The average Bonchev–Trinajstić information content (AvgIpc) is 3.16. The van der Waals surface area contributed by atoms with Crippen molar-refractivity contribution in [2.24, 2.45) is 0 Å². The van der Waals surface area contributed by atoms with E-state index in [9.17, 15) is 19.4 Å². The van der Waals surface area contributed by atoms with E-state index in [1.807, 2.05) is 36.4 Å². The molecule has 2 unspecified atom stereocenters. The van der Waals surface area contributed by atoms with Crippen LogP contribution in [0.15, 0.2) is 60.8 Å². The van der Waals surface area contributed by atoms with Crippen LogP contribution in [0.3, 0.4) is 0 Å². The number of halogens is 1. The second kappa shape index (κ2) is 9.97. The predicted octanol–water partition coefficient (Wildman–Crippen LogP) is 3.55. The first-order chi connectivity index (χ1) is 16.0. The molecule has 8 heteroatoms. The van der Waals surface area contributed by atoms with Gasteiger partial charge in [0, 0.05) is 18.0 Å². The number of hydrogen-bond acceptors (Lipinski definition) is 6. The highest BCUT2D eigenvalue weighted by Crippen LogP contribution is 2.44. The van der Waals surface area contributed by atoms with Crippen LogP contribution in [0.4, 0.5) is 9.18 Å². The van der Waals surface area contributed by atoms with Crippen LogP contribution in [-0.4, -0.2) is 47.7 Å². The van der Waals surface area contributed by atoms with Crippen molar-refractivity contribution in [3.05, 3.63) is 83.3 Å². The zero-order valence-corrected chi connectivity index (χ0v) is 18.1. The van der Waals surface area contributed by atoms with Gasteiger partial charge in [0.15, 0.2) is 0 Å². The molecule has 33 heavy (non-hydrogen) atoms. The van der Waals surface area contributed by atoms with Crippen molar-refractivity contribution in [1.82, 2.24) is 10.3 Å². The minimum Gasteiger partial charge on any atom is -0.481 e. The molecule has 2 atom stereocenters. The Morgan fingerprint density at radius 2 is 1.76 bits per heavy atom. The van der Waals surface area contributed by atoms with Gasteiger partial charge < -0.3 is 25.0 Å². The molecule has 0 aliphatic heterocycles. The van der Waals surface area contributed by atoms with E-state index in [0.29, 0.717) is 0 Å². The van der Waals surface area contributed by atoms with Crippen LogP contribution >= 0.6 is 0 Å². The number of benzene rings is 2. The Balaban J connectivity index is 1.30. The molecule has 1 aliphatic carbocycles. The minimum atomic E-state index is -1.42. The Bertz CT molecular complexity index is 1090. The van der Waals surface area contributed by atoms with Gasteiger partial charge in [0.25, 0.3) is 0 Å². The van der Waals surface area contributed by atoms with Gasteiger partial charge in [0.2, 0.25) is 5.88 Å². The number of methoxy groups -OCH3 is 1. The zero-order chi connectivity index (χ0) is 23.4. The number of carbonyl (C=O) groups excluding carboxylic acids is 1. The number of aromatic nitrogens is 1. The second-order valence-corrected chi connectivity index (χ2v) is 7.81. The van der Waals surface area contributed by atoms with E-state index < -0.39 is 24.1 Å². The number of rotatable bonds is 8. The molecule has 0 radical (unpaired) electrons. The Kier molecular flexibility index (Phi) is 6.86. The predicted molar refractivity (Wildman–Crippen MR) is 119 cm³/mol. The number of carbonyl (C=O) groups is 1. The van der Waals surface area contributed by atoms with Gasteiger partial charge >= 0.3 is 6.09 Å². The Morgan fingerprint density at radius 3 is 2.39 bits per heavy atom. The van der Waals surface area contributed by atoms with Crippen LogP contribution in [0, 0.1) is 5.82 Å². The van der Waals surface area contributed by atoms with Crippen molar-refractivity contribution in [2.45, 2.75) is 24.5 Å². The monoisotopic (exact) mass is 452 g/mol. The molecule has 1 aliphatic rings. The van der Waals surface area contributed by atoms with Crippen molar-refractivity contribution in [2.75, 3.05) is 20.3 Å². The molecular formula is C25H25FN2O5. The number of ether oxygens (including phenoxy) is 2. The molecule has 0 bridgehead atoms. The number of nitrogens with one attached hydrogen (secondary N) is 1. The maximum absolute atomic E-state index is 13.5. The van der Waals surface area contributed by atoms with Crippen LogP contribution in [-0.2, 0) is 4.74 Å². The Hall–Kier alpha value is -3.49. The fraction of sp³-hybridized carbons (Fsp3) is 0.280. The highest BCUT2D eigenvalue weighted by atomic mass is 19.1. The van der Waals surface area contributed by atoms with Crippen molar-refractivity contribution >= 4 is 6.09 Å². The zero-order valence-electron chi connectivity index (χ0n) is 18.1. The molecule has 1 heterocycles. The van der Waals surface area contributed by atoms with Gasteiger partial charge in [-0.2, -0.15) is 0 Å². The first kappa shape index (κ1) is 22.7. The van der Waals surface area contributed by atoms with Gasteiger partial charge in [0.05, 0.1) is 19.4 Å². The maximum atomic E-state index is 13.5. The fourth-order valence-corrected chi connectivity index (χ4v) is 4.16. The van der Waals surface area contributed by atoms with Gasteiger partial charge in [-0.25, -0.2) is 14.2 Å². The summed E-state index contributed by atoms with van der Waals surface area (Å²) in [6.45, 7) is 0.233. The maximum Gasteiger partial charge on any atom is 0.407 e. The summed E-state index contributed by atoms with van der Waals surface area (Å²) in [4.78, 5) is 16.0. The number of hydrogen-bond donors (Lipinski definition) is 3. The third-order valence-corrected chi connectivity index (χ3v) is 5.78. The average molecular weight is 452 g/mol. The molecule has 172 valence electrons. The Morgan fingerprint density at radius 1 is 1.12 bits per heavy atom. The lowest BCUT2D eigenvalue weighted by Gasteiger charge is -2.20. The third kappa shape index (κ3) is 4.81. The van der Waals surface area contributed by atoms with Gasteiger partial charge in [-0.15, -0.1) is 0 Å². The molecule has 1 amide bonds. The molecule has 0 saturated carbocycles. The summed E-state index contributed by atoms with van der Waals surface area (Å²) < 4.78 is 23.9. The highest BCUT2D eigenvalue weighted by molar-refractivity contribution is 5.79. The largest absolute Gasteiger partial charge is 0.481 e. The highest BCUT2D eigenvalue weighted by Gasteiger charge is 2.29. The summed E-state index contributed by atoms with van der Waals surface area (Å²) >= 11 is 0. The van der Waals surface area contributed by atoms with E-state index >= 15 is 0 Å². The molecule has 7 nitrogen and oxygen atoms in total. The number of alkyl carbamates (subject to hydrolysis) is 1. The Labute approximate surface area is 190 Å². The SMILES string of the molecule is COc1ncc(F)cc1C(O)C(O)CCNC(=O)OCC1c2ccccc2-c2ccccc21. The molecule has 1 aromatic heterocycles. The number of nitrogens with zero attached hydrogens (tertiary/aromatic N) is 1. The van der Waals surface area contributed by atoms with Crippen molar-refractivity contribution in [1.29, 1.82) is 0 Å². The van der Waals surface area contributed by atoms with Gasteiger partial charge in [-0.3, -0.25) is 0 Å². The van der Waals surface area contributed by atoms with E-state index in [2.05, 4.69) is 22.4 Å². The summed E-state index contributed by atoms with van der Waals surface area (Å²) in [5.41, 5.74) is 4.54. The van der Waals surface area contributed by atoms with Crippen molar-refractivity contribution < 1.29 is 28.9 Å². The normalized spacial score (nSPS) is 14.2. The van der Waals surface area contributed by atoms with Crippen LogP contribution in [0.5, 0.6) is 5.88 Å². The molecular weight excluding hydrogens is 427 g/mol. The van der Waals surface area contributed by atoms with Crippen molar-refractivity contribution in [3.8, 4) is 17.0 Å². The smallest absolute Gasteiger partial charge is 0.407 e. The number of aliphatic hydroxyl groups excluding tert-OH is 2. The van der Waals surface area contributed by atoms with E-state index in [4.69, 9.17) is 9.47 Å². The second-order valence-electron chi connectivity index (χ2n) is 7.81. The summed E-state index contributed by atoms with van der Waals surface area (Å²) in [7, 11) is 1.33. The van der Waals surface area contributed by atoms with Gasteiger partial charge in [-0.05, 0) is 34.7 Å². The van der Waals surface area contributed by atoms with Crippen LogP contribution in [0.1, 0.15) is 35.1 Å². The van der Waals surface area contributed by atoms with Crippen LogP contribution < -0.4 is 10.1 Å². The first-order valence-electron chi connectivity index (χ1n) is 10.6. The summed E-state index contributed by atoms with van der Waals surface area (Å²) in [6.07, 6.45) is -2.34. The summed E-state index contributed by atoms with van der Waals surface area (Å²) in [6, 6.07) is 17.2. The van der Waals surface area contributed by atoms with Crippen LogP contribution in [0.25, 0.3) is 11.1 Å². The van der Waals surface area contributed by atoms with E-state index in [-0.39, 0.29) is 36.9 Å². The lowest BCUT2D eigenvalue weighted by molar-refractivity contribution is 0.0118. The molecule has 3 aromatic rings. The summed E-state index contributed by atoms with van der Waals surface area (Å²) in [5, 5.41) is 23.2. The quantitative estimate of drug-likeness (QED) is 0.483. The van der Waals surface area contributed by atoms with Gasteiger partial charge in [-0.1, -0.05) is 48.5 Å². The molecule has 4 rings (SSSR count). The first-order valence-corrected chi connectivity index (χ1v) is 10.6. The third-order valence-electron chi connectivity index (χ3n) is 5.78. The van der Waals surface area contributed by atoms with Crippen molar-refractivity contribution in [3.63, 3.8) is 0 Å². The molecule has 0 fully saturated rings. The number of pyridine rings is 1. The van der Waals surface area contributed by atoms with E-state index in [1.165, 1.54) is 7.11 Å². The minimum absolute atomic E-state index is 0.0189. The van der Waals surface area contributed by atoms with E-state index in [1.54, 1.807) is 0 Å². The molecule has 2 aromatic carbocycles.